The molecule has 4 rings (SSSR count). The SMILES string of the molecule is O=C1C(=Cc2ccc(N3CCOCC3)cc2)COc2ccc(Br)cc21. The second-order valence-corrected chi connectivity index (χ2v) is 7.03. The average molecular weight is 400 g/mol. The summed E-state index contributed by atoms with van der Waals surface area (Å²) in [7, 11) is 0. The van der Waals surface area contributed by atoms with E-state index >= 15 is 0 Å². The van der Waals surface area contributed by atoms with Gasteiger partial charge in [-0.05, 0) is 42.0 Å². The van der Waals surface area contributed by atoms with Crippen LogP contribution in [0.5, 0.6) is 5.75 Å². The van der Waals surface area contributed by atoms with Crippen molar-refractivity contribution in [2.45, 2.75) is 0 Å². The smallest absolute Gasteiger partial charge is 0.196 e. The van der Waals surface area contributed by atoms with Crippen LogP contribution in [0, 0.1) is 0 Å². The lowest BCUT2D eigenvalue weighted by molar-refractivity contribution is 0.100. The summed E-state index contributed by atoms with van der Waals surface area (Å²) < 4.78 is 12.0. The number of hydrogen-bond acceptors (Lipinski definition) is 4. The van der Waals surface area contributed by atoms with Crippen LogP contribution in [-0.2, 0) is 4.74 Å². The minimum atomic E-state index is 0.0276. The fraction of sp³-hybridized carbons (Fsp3) is 0.250. The van der Waals surface area contributed by atoms with Gasteiger partial charge in [-0.3, -0.25) is 4.79 Å². The van der Waals surface area contributed by atoms with Gasteiger partial charge in [0.25, 0.3) is 0 Å². The minimum Gasteiger partial charge on any atom is -0.488 e. The van der Waals surface area contributed by atoms with E-state index < -0.39 is 0 Å². The van der Waals surface area contributed by atoms with Crippen LogP contribution in [0.3, 0.4) is 0 Å². The number of carbonyl (C=O) groups excluding carboxylic acids is 1. The highest BCUT2D eigenvalue weighted by atomic mass is 79.9. The molecule has 4 nitrogen and oxygen atoms in total. The summed E-state index contributed by atoms with van der Waals surface area (Å²) in [6, 6.07) is 13.8. The van der Waals surface area contributed by atoms with Crippen molar-refractivity contribution < 1.29 is 14.3 Å². The second-order valence-electron chi connectivity index (χ2n) is 6.12. The molecule has 1 fully saturated rings. The van der Waals surface area contributed by atoms with Gasteiger partial charge in [0, 0.05) is 28.8 Å². The summed E-state index contributed by atoms with van der Waals surface area (Å²) in [6.07, 6.45) is 1.91. The topological polar surface area (TPSA) is 38.8 Å². The molecule has 2 aromatic rings. The Hall–Kier alpha value is -2.11. The molecular formula is C20H18BrNO3. The predicted molar refractivity (Wildman–Crippen MR) is 101 cm³/mol. The van der Waals surface area contributed by atoms with E-state index in [9.17, 15) is 4.79 Å². The van der Waals surface area contributed by atoms with Crippen LogP contribution in [0.4, 0.5) is 5.69 Å². The van der Waals surface area contributed by atoms with Gasteiger partial charge in [-0.1, -0.05) is 28.1 Å². The van der Waals surface area contributed by atoms with Crippen molar-refractivity contribution in [1.82, 2.24) is 0 Å². The number of benzene rings is 2. The Morgan fingerprint density at radius 3 is 2.56 bits per heavy atom. The number of carbonyl (C=O) groups is 1. The number of rotatable bonds is 2. The fourth-order valence-electron chi connectivity index (χ4n) is 3.11. The van der Waals surface area contributed by atoms with E-state index in [0.29, 0.717) is 23.5 Å². The van der Waals surface area contributed by atoms with Crippen LogP contribution in [0.1, 0.15) is 15.9 Å². The molecule has 5 heteroatoms. The lowest BCUT2D eigenvalue weighted by Crippen LogP contribution is -2.36. The van der Waals surface area contributed by atoms with Gasteiger partial charge in [0.15, 0.2) is 5.78 Å². The standard InChI is InChI=1S/C20H18BrNO3/c21-16-3-6-19-18(12-16)20(23)15(13-25-19)11-14-1-4-17(5-2-14)22-7-9-24-10-8-22/h1-6,11-12H,7-10,13H2. The molecule has 0 saturated carbocycles. The van der Waals surface area contributed by atoms with Crippen molar-refractivity contribution in [2.75, 3.05) is 37.8 Å². The first-order chi connectivity index (χ1) is 12.2. The second kappa shape index (κ2) is 7.02. The van der Waals surface area contributed by atoms with Crippen LogP contribution in [0.2, 0.25) is 0 Å². The average Bonchev–Trinajstić information content (AvgIpc) is 2.66. The highest BCUT2D eigenvalue weighted by Crippen LogP contribution is 2.30. The summed E-state index contributed by atoms with van der Waals surface area (Å²) >= 11 is 3.41. The third-order valence-electron chi connectivity index (χ3n) is 4.47. The monoisotopic (exact) mass is 399 g/mol. The zero-order valence-corrected chi connectivity index (χ0v) is 15.3. The van der Waals surface area contributed by atoms with Gasteiger partial charge in [0.05, 0.1) is 18.8 Å². The van der Waals surface area contributed by atoms with Crippen molar-refractivity contribution in [3.8, 4) is 5.75 Å². The van der Waals surface area contributed by atoms with Crippen LogP contribution in [0.25, 0.3) is 6.08 Å². The van der Waals surface area contributed by atoms with Crippen molar-refractivity contribution in [3.05, 3.63) is 63.6 Å². The van der Waals surface area contributed by atoms with Crippen LogP contribution in [0.15, 0.2) is 52.5 Å². The number of anilines is 1. The first-order valence-corrected chi connectivity index (χ1v) is 9.10. The van der Waals surface area contributed by atoms with Gasteiger partial charge < -0.3 is 14.4 Å². The van der Waals surface area contributed by atoms with Gasteiger partial charge in [-0.2, -0.15) is 0 Å². The molecule has 0 bridgehead atoms. The summed E-state index contributed by atoms with van der Waals surface area (Å²) in [5, 5.41) is 0. The maximum Gasteiger partial charge on any atom is 0.196 e. The Bertz CT molecular complexity index is 823. The molecule has 1 saturated heterocycles. The van der Waals surface area contributed by atoms with E-state index in [1.165, 1.54) is 5.69 Å². The van der Waals surface area contributed by atoms with Crippen LogP contribution in [-0.4, -0.2) is 38.7 Å². The van der Waals surface area contributed by atoms with Crippen LogP contribution < -0.4 is 9.64 Å². The molecule has 0 aromatic heterocycles. The quantitative estimate of drug-likeness (QED) is 0.716. The molecule has 0 amide bonds. The zero-order valence-electron chi connectivity index (χ0n) is 13.7. The molecule has 2 aliphatic heterocycles. The highest BCUT2D eigenvalue weighted by molar-refractivity contribution is 9.10. The normalized spacial score (nSPS) is 18.8. The van der Waals surface area contributed by atoms with E-state index in [1.54, 1.807) is 0 Å². The van der Waals surface area contributed by atoms with Gasteiger partial charge in [-0.15, -0.1) is 0 Å². The van der Waals surface area contributed by atoms with Crippen molar-refractivity contribution >= 4 is 33.5 Å². The summed E-state index contributed by atoms with van der Waals surface area (Å²) in [4.78, 5) is 15.0. The number of Topliss-reactive ketones (excluding diaryl/α,β-unsaturated/α-hetero) is 1. The summed E-state index contributed by atoms with van der Waals surface area (Å²) in [5.41, 5.74) is 3.47. The van der Waals surface area contributed by atoms with Crippen molar-refractivity contribution in [2.24, 2.45) is 0 Å². The third-order valence-corrected chi connectivity index (χ3v) is 4.96. The molecule has 0 radical (unpaired) electrons. The van der Waals surface area contributed by atoms with Gasteiger partial charge in [-0.25, -0.2) is 0 Å². The minimum absolute atomic E-state index is 0.0276. The third kappa shape index (κ3) is 3.48. The first-order valence-electron chi connectivity index (χ1n) is 8.31. The summed E-state index contributed by atoms with van der Waals surface area (Å²) in [5.74, 6) is 0.674. The van der Waals surface area contributed by atoms with E-state index in [0.717, 1.165) is 36.3 Å². The number of ether oxygens (including phenoxy) is 2. The largest absolute Gasteiger partial charge is 0.488 e. The molecule has 0 aliphatic carbocycles. The summed E-state index contributed by atoms with van der Waals surface area (Å²) in [6.45, 7) is 3.68. The zero-order chi connectivity index (χ0) is 17.2. The number of nitrogens with zero attached hydrogens (tertiary/aromatic N) is 1. The number of hydrogen-bond donors (Lipinski definition) is 0. The highest BCUT2D eigenvalue weighted by Gasteiger charge is 2.23. The maximum atomic E-state index is 12.7. The molecule has 0 atom stereocenters. The van der Waals surface area contributed by atoms with E-state index in [4.69, 9.17) is 9.47 Å². The Labute approximate surface area is 155 Å². The van der Waals surface area contributed by atoms with Gasteiger partial charge in [0.2, 0.25) is 0 Å². The molecular weight excluding hydrogens is 382 g/mol. The first kappa shape index (κ1) is 16.4. The maximum absolute atomic E-state index is 12.7. The molecule has 2 heterocycles. The van der Waals surface area contributed by atoms with E-state index in [2.05, 4.69) is 33.0 Å². The van der Waals surface area contributed by atoms with E-state index in [1.807, 2.05) is 36.4 Å². The van der Waals surface area contributed by atoms with Crippen molar-refractivity contribution in [1.29, 1.82) is 0 Å². The molecule has 0 spiro atoms. The lowest BCUT2D eigenvalue weighted by atomic mass is 9.98. The number of morpholine rings is 1. The number of fused-ring (bicyclic) bond motifs is 1. The Morgan fingerprint density at radius 2 is 1.80 bits per heavy atom. The molecule has 128 valence electrons. The Morgan fingerprint density at radius 1 is 1.04 bits per heavy atom. The number of ketones is 1. The predicted octanol–water partition coefficient (Wildman–Crippen LogP) is 3.94. The van der Waals surface area contributed by atoms with Crippen LogP contribution >= 0.6 is 15.9 Å². The molecule has 0 unspecified atom stereocenters. The lowest BCUT2D eigenvalue weighted by Gasteiger charge is -2.28. The van der Waals surface area contributed by atoms with Gasteiger partial charge in [0.1, 0.15) is 12.4 Å². The van der Waals surface area contributed by atoms with Crippen molar-refractivity contribution in [3.63, 3.8) is 0 Å². The molecule has 2 aromatic carbocycles. The van der Waals surface area contributed by atoms with Gasteiger partial charge >= 0.3 is 0 Å². The molecule has 0 N–H and O–H groups in total. The van der Waals surface area contributed by atoms with E-state index in [-0.39, 0.29) is 5.78 Å². The Balaban J connectivity index is 1.55. The fourth-order valence-corrected chi connectivity index (χ4v) is 3.47. The molecule has 25 heavy (non-hydrogen) atoms. The number of halogens is 1. The molecule has 2 aliphatic rings. The Kier molecular flexibility index (Phi) is 4.59.